The molecule has 2 N–H and O–H groups in total. The van der Waals surface area contributed by atoms with E-state index >= 15 is 0 Å². The van der Waals surface area contributed by atoms with Gasteiger partial charge in [-0.25, -0.2) is 22.3 Å². The third-order valence-electron chi connectivity index (χ3n) is 5.62. The zero-order chi connectivity index (χ0) is 26.4. The van der Waals surface area contributed by atoms with Crippen molar-refractivity contribution < 1.29 is 17.2 Å². The second-order valence-corrected chi connectivity index (χ2v) is 10.3. The summed E-state index contributed by atoms with van der Waals surface area (Å²) in [7, 11) is -3.88. The Morgan fingerprint density at radius 3 is 2.03 bits per heavy atom. The number of nitrogens with zero attached hydrogens (tertiary/aromatic N) is 3. The molecule has 0 saturated heterocycles. The molecule has 37 heavy (non-hydrogen) atoms. The summed E-state index contributed by atoms with van der Waals surface area (Å²) in [5.41, 5.74) is 3.07. The molecule has 0 spiro atoms. The number of halogens is 2. The molecule has 190 valence electrons. The van der Waals surface area contributed by atoms with Crippen molar-refractivity contribution in [2.45, 2.75) is 24.5 Å². The summed E-state index contributed by atoms with van der Waals surface area (Å²) >= 11 is 5.97. The number of hydrogen-bond donors (Lipinski definition) is 1. The van der Waals surface area contributed by atoms with Crippen molar-refractivity contribution in [3.05, 3.63) is 126 Å². The van der Waals surface area contributed by atoms with Crippen molar-refractivity contribution in [3.63, 3.8) is 0 Å². The van der Waals surface area contributed by atoms with Gasteiger partial charge in [0, 0.05) is 31.2 Å². The van der Waals surface area contributed by atoms with Crippen LogP contribution in [0.1, 0.15) is 16.7 Å². The Balaban J connectivity index is 1.72. The molecular formula is C27H24F2N4O2S2. The third kappa shape index (κ3) is 7.16. The first-order chi connectivity index (χ1) is 17.7. The van der Waals surface area contributed by atoms with Gasteiger partial charge in [0.1, 0.15) is 11.6 Å². The molecule has 1 aromatic heterocycles. The van der Waals surface area contributed by atoms with E-state index in [9.17, 15) is 17.2 Å². The van der Waals surface area contributed by atoms with Gasteiger partial charge in [-0.05, 0) is 89.6 Å². The molecule has 0 radical (unpaired) electrons. The van der Waals surface area contributed by atoms with Crippen LogP contribution in [-0.4, -0.2) is 23.4 Å². The average Bonchev–Trinajstić information content (AvgIpc) is 2.88. The number of rotatable bonds is 8. The van der Waals surface area contributed by atoms with Gasteiger partial charge in [-0.15, -0.1) is 0 Å². The first kappa shape index (κ1) is 26.3. The molecule has 1 heterocycles. The highest BCUT2D eigenvalue weighted by molar-refractivity contribution is 7.89. The smallest absolute Gasteiger partial charge is 0.238 e. The van der Waals surface area contributed by atoms with Crippen molar-refractivity contribution >= 4 is 33.0 Å². The topological polar surface area (TPSA) is 79.5 Å². The van der Waals surface area contributed by atoms with Crippen LogP contribution in [0, 0.1) is 11.6 Å². The lowest BCUT2D eigenvalue weighted by molar-refractivity contribution is 0.404. The van der Waals surface area contributed by atoms with Crippen LogP contribution in [-0.2, 0) is 29.7 Å². The summed E-state index contributed by atoms with van der Waals surface area (Å²) in [4.78, 5) is 7.76. The van der Waals surface area contributed by atoms with Crippen LogP contribution in [0.15, 0.2) is 102 Å². The van der Waals surface area contributed by atoms with Crippen LogP contribution in [0.3, 0.4) is 0 Å². The number of benzene rings is 3. The summed E-state index contributed by atoms with van der Waals surface area (Å²) in [6.45, 7) is 1.00. The maximum Gasteiger partial charge on any atom is 0.238 e. The van der Waals surface area contributed by atoms with Gasteiger partial charge >= 0.3 is 0 Å². The minimum absolute atomic E-state index is 0.0303. The van der Waals surface area contributed by atoms with Gasteiger partial charge in [0.2, 0.25) is 10.0 Å². The molecule has 0 unspecified atom stereocenters. The lowest BCUT2D eigenvalue weighted by atomic mass is 10.1. The molecule has 0 aliphatic carbocycles. The number of hydrogen-bond acceptors (Lipinski definition) is 4. The van der Waals surface area contributed by atoms with Crippen molar-refractivity contribution in [2.24, 2.45) is 5.14 Å². The van der Waals surface area contributed by atoms with Gasteiger partial charge in [-0.1, -0.05) is 24.3 Å². The Bertz CT molecular complexity index is 1470. The Morgan fingerprint density at radius 2 is 1.41 bits per heavy atom. The monoisotopic (exact) mass is 538 g/mol. The SMILES string of the molecule is NS(=O)(=O)c1ccc(N(Cc2ccc(F)cc2)C(=S)N(Cc2ccncc2)Cc2cccc(F)c2)cc1. The normalized spacial score (nSPS) is 11.2. The van der Waals surface area contributed by atoms with E-state index in [4.69, 9.17) is 17.4 Å². The molecule has 3 aromatic carbocycles. The maximum atomic E-state index is 14.0. The zero-order valence-corrected chi connectivity index (χ0v) is 21.3. The van der Waals surface area contributed by atoms with Gasteiger partial charge in [-0.3, -0.25) is 4.98 Å². The maximum absolute atomic E-state index is 14.0. The highest BCUT2D eigenvalue weighted by atomic mass is 32.2. The number of sulfonamides is 1. The minimum atomic E-state index is -3.88. The third-order valence-corrected chi connectivity index (χ3v) is 7.03. The number of thiocarbonyl (C=S) groups is 1. The molecule has 10 heteroatoms. The lowest BCUT2D eigenvalue weighted by Gasteiger charge is -2.34. The van der Waals surface area contributed by atoms with E-state index in [-0.39, 0.29) is 23.1 Å². The molecule has 0 saturated carbocycles. The van der Waals surface area contributed by atoms with Gasteiger partial charge in [0.15, 0.2) is 5.11 Å². The number of aromatic nitrogens is 1. The average molecular weight is 539 g/mol. The Morgan fingerprint density at radius 1 is 0.784 bits per heavy atom. The highest BCUT2D eigenvalue weighted by Crippen LogP contribution is 2.24. The largest absolute Gasteiger partial charge is 0.340 e. The lowest BCUT2D eigenvalue weighted by Crippen LogP contribution is -2.42. The van der Waals surface area contributed by atoms with Gasteiger partial charge in [-0.2, -0.15) is 0 Å². The van der Waals surface area contributed by atoms with E-state index in [2.05, 4.69) is 4.98 Å². The Kier molecular flexibility index (Phi) is 8.22. The fraction of sp³-hybridized carbons (Fsp3) is 0.111. The molecule has 0 aliphatic heterocycles. The second kappa shape index (κ2) is 11.5. The fourth-order valence-electron chi connectivity index (χ4n) is 3.78. The number of nitrogens with two attached hydrogens (primary N) is 1. The summed E-state index contributed by atoms with van der Waals surface area (Å²) in [6, 6.07) is 22.1. The molecule has 0 bridgehead atoms. The van der Waals surface area contributed by atoms with E-state index in [0.717, 1.165) is 16.7 Å². The summed E-state index contributed by atoms with van der Waals surface area (Å²) < 4.78 is 51.1. The van der Waals surface area contributed by atoms with Crippen molar-refractivity contribution in [1.82, 2.24) is 9.88 Å². The van der Waals surface area contributed by atoms with Gasteiger partial charge in [0.05, 0.1) is 11.4 Å². The van der Waals surface area contributed by atoms with E-state index in [0.29, 0.717) is 23.9 Å². The van der Waals surface area contributed by atoms with Crippen LogP contribution in [0.4, 0.5) is 14.5 Å². The molecule has 6 nitrogen and oxygen atoms in total. The summed E-state index contributed by atoms with van der Waals surface area (Å²) in [6.07, 6.45) is 3.36. The molecule has 0 fully saturated rings. The first-order valence-corrected chi connectivity index (χ1v) is 13.2. The summed E-state index contributed by atoms with van der Waals surface area (Å²) in [5, 5.41) is 5.68. The van der Waals surface area contributed by atoms with E-state index in [1.807, 2.05) is 28.0 Å². The first-order valence-electron chi connectivity index (χ1n) is 11.3. The molecule has 0 aliphatic rings. The Labute approximate surface area is 220 Å². The van der Waals surface area contributed by atoms with E-state index in [1.165, 1.54) is 36.4 Å². The van der Waals surface area contributed by atoms with Crippen LogP contribution >= 0.6 is 12.2 Å². The van der Waals surface area contributed by atoms with Crippen LogP contribution in [0.2, 0.25) is 0 Å². The molecule has 0 atom stereocenters. The van der Waals surface area contributed by atoms with E-state index < -0.39 is 10.0 Å². The predicted molar refractivity (Wildman–Crippen MR) is 143 cm³/mol. The molecule has 4 aromatic rings. The van der Waals surface area contributed by atoms with Crippen LogP contribution < -0.4 is 10.0 Å². The standard InChI is InChI=1S/C27H24F2N4O2S2/c28-23-6-4-20(5-7-23)19-33(25-8-10-26(11-9-25)37(30,34)35)27(36)32(17-21-12-14-31-15-13-21)18-22-2-1-3-24(29)16-22/h1-16H,17-19H2,(H2,30,34,35). The van der Waals surface area contributed by atoms with Crippen LogP contribution in [0.5, 0.6) is 0 Å². The quantitative estimate of drug-likeness (QED) is 0.318. The van der Waals surface area contributed by atoms with E-state index in [1.54, 1.807) is 42.7 Å². The number of primary sulfonamides is 1. The minimum Gasteiger partial charge on any atom is -0.340 e. The Hall–Kier alpha value is -3.73. The fourth-order valence-corrected chi connectivity index (χ4v) is 4.60. The van der Waals surface area contributed by atoms with Crippen molar-refractivity contribution in [2.75, 3.05) is 4.90 Å². The van der Waals surface area contributed by atoms with Crippen molar-refractivity contribution in [1.29, 1.82) is 0 Å². The van der Waals surface area contributed by atoms with Gasteiger partial charge in [0.25, 0.3) is 0 Å². The second-order valence-electron chi connectivity index (χ2n) is 8.38. The highest BCUT2D eigenvalue weighted by Gasteiger charge is 2.21. The molecule has 0 amide bonds. The zero-order valence-electron chi connectivity index (χ0n) is 19.7. The predicted octanol–water partition coefficient (Wildman–Crippen LogP) is 5.00. The summed E-state index contributed by atoms with van der Waals surface area (Å²) in [5.74, 6) is -0.713. The number of pyridine rings is 1. The van der Waals surface area contributed by atoms with Crippen molar-refractivity contribution in [3.8, 4) is 0 Å². The van der Waals surface area contributed by atoms with Gasteiger partial charge < -0.3 is 9.80 Å². The molecular weight excluding hydrogens is 514 g/mol. The molecule has 4 rings (SSSR count). The van der Waals surface area contributed by atoms with Crippen LogP contribution in [0.25, 0.3) is 0 Å². The number of anilines is 1.